The molecule has 0 saturated heterocycles. The Morgan fingerprint density at radius 1 is 0.488 bits per heavy atom. The van der Waals surface area contributed by atoms with E-state index in [-0.39, 0.29) is 0 Å². The van der Waals surface area contributed by atoms with E-state index in [1.54, 1.807) is 0 Å². The molecule has 2 aromatic heterocycles. The largest absolute Gasteiger partial charge is 0.309 e. The highest BCUT2D eigenvalue weighted by atomic mass is 31.2. The molecule has 3 nitrogen and oxygen atoms in total. The number of pyridine rings is 1. The number of aromatic nitrogens is 2. The summed E-state index contributed by atoms with van der Waals surface area (Å²) in [6, 6.07) is 52.0. The van der Waals surface area contributed by atoms with Gasteiger partial charge in [0.15, 0.2) is 7.14 Å². The molecular formula is C39H25N2OP. The lowest BCUT2D eigenvalue weighted by Gasteiger charge is -2.23. The summed E-state index contributed by atoms with van der Waals surface area (Å²) < 4.78 is 18.3. The minimum absolute atomic E-state index is 0.814. The van der Waals surface area contributed by atoms with E-state index in [1.807, 2.05) is 54.6 Å². The summed E-state index contributed by atoms with van der Waals surface area (Å²) in [7, 11) is -3.36. The monoisotopic (exact) mass is 568 g/mol. The molecule has 0 aliphatic carbocycles. The molecular weight excluding hydrogens is 543 g/mol. The van der Waals surface area contributed by atoms with Crippen LogP contribution in [0.25, 0.3) is 59.9 Å². The normalized spacial score (nSPS) is 13.4. The van der Waals surface area contributed by atoms with Crippen LogP contribution in [0.15, 0.2) is 152 Å². The van der Waals surface area contributed by atoms with E-state index in [9.17, 15) is 0 Å². The number of para-hydroxylation sites is 3. The second-order valence-electron chi connectivity index (χ2n) is 11.2. The summed E-state index contributed by atoms with van der Waals surface area (Å²) in [5.41, 5.74) is 3.73. The zero-order valence-corrected chi connectivity index (χ0v) is 24.1. The molecule has 9 rings (SSSR count). The zero-order chi connectivity index (χ0) is 28.5. The van der Waals surface area contributed by atoms with Crippen LogP contribution in [0.5, 0.6) is 0 Å². The first-order chi connectivity index (χ1) is 21.2. The lowest BCUT2D eigenvalue weighted by molar-refractivity contribution is 0.592. The maximum atomic E-state index is 16.1. The van der Waals surface area contributed by atoms with Gasteiger partial charge in [-0.25, -0.2) is 4.98 Å². The Labute approximate surface area is 248 Å². The van der Waals surface area contributed by atoms with Crippen molar-refractivity contribution in [2.75, 3.05) is 0 Å². The summed E-state index contributed by atoms with van der Waals surface area (Å²) in [6.45, 7) is 0. The van der Waals surface area contributed by atoms with E-state index in [2.05, 4.69) is 101 Å². The molecule has 0 saturated carbocycles. The average Bonchev–Trinajstić information content (AvgIpc) is 3.47. The van der Waals surface area contributed by atoms with Gasteiger partial charge in [0.25, 0.3) is 0 Å². The van der Waals surface area contributed by atoms with Gasteiger partial charge in [-0.1, -0.05) is 115 Å². The van der Waals surface area contributed by atoms with Gasteiger partial charge in [0.2, 0.25) is 0 Å². The Bertz CT molecular complexity index is 2600. The van der Waals surface area contributed by atoms with Crippen LogP contribution >= 0.6 is 7.14 Å². The van der Waals surface area contributed by atoms with Gasteiger partial charge in [0, 0.05) is 26.7 Å². The molecule has 0 aliphatic rings. The van der Waals surface area contributed by atoms with Gasteiger partial charge in [-0.3, -0.25) is 4.40 Å². The van der Waals surface area contributed by atoms with Crippen molar-refractivity contribution >= 4 is 83.0 Å². The molecule has 7 aromatic carbocycles. The summed E-state index contributed by atoms with van der Waals surface area (Å²) >= 11 is 0. The predicted octanol–water partition coefficient (Wildman–Crippen LogP) is 8.74. The fourth-order valence-corrected chi connectivity index (χ4v) is 9.62. The zero-order valence-electron chi connectivity index (χ0n) is 23.2. The predicted molar refractivity (Wildman–Crippen MR) is 182 cm³/mol. The molecule has 0 amide bonds. The molecule has 0 fully saturated rings. The second kappa shape index (κ2) is 9.13. The van der Waals surface area contributed by atoms with Crippen molar-refractivity contribution in [1.29, 1.82) is 0 Å². The Morgan fingerprint density at radius 2 is 1.14 bits per heavy atom. The Hall–Kier alpha value is -5.24. The number of rotatable bonds is 3. The molecule has 9 aromatic rings. The van der Waals surface area contributed by atoms with E-state index in [4.69, 9.17) is 4.98 Å². The first-order valence-electron chi connectivity index (χ1n) is 14.5. The summed E-state index contributed by atoms with van der Waals surface area (Å²) in [6.07, 6.45) is 0. The van der Waals surface area contributed by atoms with Crippen LogP contribution in [-0.4, -0.2) is 9.38 Å². The van der Waals surface area contributed by atoms with Gasteiger partial charge in [-0.05, 0) is 63.3 Å². The fourth-order valence-electron chi connectivity index (χ4n) is 6.76. The average molecular weight is 569 g/mol. The van der Waals surface area contributed by atoms with Crippen LogP contribution < -0.4 is 15.9 Å². The quantitative estimate of drug-likeness (QED) is 0.121. The van der Waals surface area contributed by atoms with E-state index >= 15 is 4.57 Å². The maximum absolute atomic E-state index is 16.1. The Kier molecular flexibility index (Phi) is 5.17. The SMILES string of the molecule is O=P(c1ccccc1)(c1ccc2ccccc2c1)c1cccc2c3cc4ccccc4cc3c3nc4ccccc4n3c12. The van der Waals surface area contributed by atoms with Gasteiger partial charge in [0.05, 0.1) is 16.6 Å². The third-order valence-electron chi connectivity index (χ3n) is 8.77. The molecule has 43 heavy (non-hydrogen) atoms. The molecule has 0 bridgehead atoms. The molecule has 0 N–H and O–H groups in total. The highest BCUT2D eigenvalue weighted by Gasteiger charge is 2.33. The molecule has 4 heteroatoms. The number of benzene rings is 7. The van der Waals surface area contributed by atoms with Crippen LogP contribution in [0.2, 0.25) is 0 Å². The summed E-state index contributed by atoms with van der Waals surface area (Å²) in [5, 5.41) is 10.2. The van der Waals surface area contributed by atoms with Crippen LogP contribution in [0.3, 0.4) is 0 Å². The molecule has 0 spiro atoms. The Balaban J connectivity index is 1.51. The van der Waals surface area contributed by atoms with Gasteiger partial charge < -0.3 is 4.57 Å². The Morgan fingerprint density at radius 3 is 1.93 bits per heavy atom. The third-order valence-corrected chi connectivity index (χ3v) is 11.8. The van der Waals surface area contributed by atoms with Gasteiger partial charge in [-0.15, -0.1) is 0 Å². The molecule has 0 radical (unpaired) electrons. The lowest BCUT2D eigenvalue weighted by atomic mass is 10.0. The lowest BCUT2D eigenvalue weighted by Crippen LogP contribution is -2.26. The maximum Gasteiger partial charge on any atom is 0.173 e. The van der Waals surface area contributed by atoms with Crippen molar-refractivity contribution < 1.29 is 4.57 Å². The van der Waals surface area contributed by atoms with Crippen LogP contribution in [0.4, 0.5) is 0 Å². The van der Waals surface area contributed by atoms with Crippen LogP contribution in [0.1, 0.15) is 0 Å². The molecule has 202 valence electrons. The van der Waals surface area contributed by atoms with Crippen molar-refractivity contribution in [2.45, 2.75) is 0 Å². The van der Waals surface area contributed by atoms with Crippen molar-refractivity contribution in [3.8, 4) is 0 Å². The summed E-state index contributed by atoms with van der Waals surface area (Å²) in [4.78, 5) is 5.18. The standard InChI is InChI=1S/C39H25N2OP/c42-43(30-15-2-1-3-16-30,31-22-21-26-11-4-5-12-27(26)23-31)37-20-10-17-32-33-24-28-13-6-7-14-29(28)25-34(33)39-40-35-18-8-9-19-36(35)41(39)38(32)37/h1-25H. The smallest absolute Gasteiger partial charge is 0.173 e. The molecule has 2 heterocycles. The number of hydrogen-bond acceptors (Lipinski definition) is 2. The van der Waals surface area contributed by atoms with Crippen LogP contribution in [0, 0.1) is 0 Å². The van der Waals surface area contributed by atoms with Gasteiger partial charge in [-0.2, -0.15) is 0 Å². The highest BCUT2D eigenvalue weighted by molar-refractivity contribution is 7.85. The van der Waals surface area contributed by atoms with E-state index in [0.29, 0.717) is 0 Å². The van der Waals surface area contributed by atoms with Crippen LogP contribution in [-0.2, 0) is 4.57 Å². The molecule has 0 aliphatic heterocycles. The molecule has 1 atom stereocenters. The first kappa shape index (κ1) is 24.4. The number of nitrogens with zero attached hydrogens (tertiary/aromatic N) is 2. The number of hydrogen-bond donors (Lipinski definition) is 0. The van der Waals surface area contributed by atoms with E-state index in [1.165, 1.54) is 10.8 Å². The first-order valence-corrected chi connectivity index (χ1v) is 16.2. The minimum atomic E-state index is -3.36. The van der Waals surface area contributed by atoms with Crippen molar-refractivity contribution in [2.24, 2.45) is 0 Å². The highest BCUT2D eigenvalue weighted by Crippen LogP contribution is 2.46. The van der Waals surface area contributed by atoms with E-state index < -0.39 is 7.14 Å². The topological polar surface area (TPSA) is 34.4 Å². The van der Waals surface area contributed by atoms with E-state index in [0.717, 1.165) is 65.0 Å². The van der Waals surface area contributed by atoms with Crippen molar-refractivity contribution in [3.63, 3.8) is 0 Å². The molecule has 1 unspecified atom stereocenters. The van der Waals surface area contributed by atoms with Crippen molar-refractivity contribution in [3.05, 3.63) is 152 Å². The minimum Gasteiger partial charge on any atom is -0.309 e. The second-order valence-corrected chi connectivity index (χ2v) is 13.9. The summed E-state index contributed by atoms with van der Waals surface area (Å²) in [5.74, 6) is 0. The third kappa shape index (κ3) is 3.49. The number of imidazole rings is 1. The van der Waals surface area contributed by atoms with Gasteiger partial charge in [0.1, 0.15) is 5.65 Å². The van der Waals surface area contributed by atoms with Gasteiger partial charge >= 0.3 is 0 Å². The fraction of sp³-hybridized carbons (Fsp3) is 0. The number of fused-ring (bicyclic) bond motifs is 10. The van der Waals surface area contributed by atoms with Crippen molar-refractivity contribution in [1.82, 2.24) is 9.38 Å².